The largest absolute Gasteiger partial charge is 0.384 e. The van der Waals surface area contributed by atoms with E-state index in [0.717, 1.165) is 28.7 Å². The van der Waals surface area contributed by atoms with Crippen molar-refractivity contribution < 1.29 is 9.53 Å². The Kier molecular flexibility index (Phi) is 4.60. The highest BCUT2D eigenvalue weighted by atomic mass is 79.9. The van der Waals surface area contributed by atoms with Gasteiger partial charge in [0.25, 0.3) is 0 Å². The lowest BCUT2D eigenvalue weighted by atomic mass is 9.87. The normalized spacial score (nSPS) is 22.5. The Morgan fingerprint density at radius 1 is 1.58 bits per heavy atom. The number of methoxy groups -OCH3 is 1. The predicted octanol–water partition coefficient (Wildman–Crippen LogP) is 2.32. The first-order valence-electron chi connectivity index (χ1n) is 6.35. The molecule has 0 saturated carbocycles. The molecule has 1 heterocycles. The predicted molar refractivity (Wildman–Crippen MR) is 79.3 cm³/mol. The molecule has 19 heavy (non-hydrogen) atoms. The summed E-state index contributed by atoms with van der Waals surface area (Å²) in [5.41, 5.74) is 1.43. The van der Waals surface area contributed by atoms with Crippen molar-refractivity contribution in [2.24, 2.45) is 5.41 Å². The summed E-state index contributed by atoms with van der Waals surface area (Å²) < 4.78 is 6.23. The van der Waals surface area contributed by atoms with Crippen LogP contribution in [0.3, 0.4) is 0 Å². The van der Waals surface area contributed by atoms with E-state index in [4.69, 9.17) is 4.74 Å². The van der Waals surface area contributed by atoms with Gasteiger partial charge in [0.15, 0.2) is 0 Å². The van der Waals surface area contributed by atoms with Crippen molar-refractivity contribution >= 4 is 27.5 Å². The Hall–Kier alpha value is -0.910. The molecular formula is C14H19BrN2O2. The highest BCUT2D eigenvalue weighted by molar-refractivity contribution is 9.10. The van der Waals surface area contributed by atoms with Crippen molar-refractivity contribution in [1.29, 1.82) is 0 Å². The van der Waals surface area contributed by atoms with Crippen LogP contribution in [0.25, 0.3) is 0 Å². The van der Waals surface area contributed by atoms with Crippen LogP contribution < -0.4 is 10.6 Å². The van der Waals surface area contributed by atoms with Gasteiger partial charge in [-0.25, -0.2) is 0 Å². The quantitative estimate of drug-likeness (QED) is 0.892. The summed E-state index contributed by atoms with van der Waals surface area (Å²) >= 11 is 3.48. The van der Waals surface area contributed by atoms with Crippen LogP contribution in [0.1, 0.15) is 12.0 Å². The minimum atomic E-state index is -0.455. The monoisotopic (exact) mass is 326 g/mol. The lowest BCUT2D eigenvalue weighted by Gasteiger charge is -2.26. The van der Waals surface area contributed by atoms with Gasteiger partial charge in [0.2, 0.25) is 5.91 Å². The number of carbonyl (C=O) groups excluding carboxylic acids is 1. The summed E-state index contributed by atoms with van der Waals surface area (Å²) in [5.74, 6) is 0.0283. The third-order valence-corrected chi connectivity index (χ3v) is 4.52. The summed E-state index contributed by atoms with van der Waals surface area (Å²) in [4.78, 5) is 12.5. The molecule has 0 aromatic heterocycles. The SMILES string of the molecule is COCC1(C(=O)Nc2cccc(Br)c2C)CCNC1. The lowest BCUT2D eigenvalue weighted by Crippen LogP contribution is -2.41. The molecule has 1 saturated heterocycles. The van der Waals surface area contributed by atoms with Crippen molar-refractivity contribution in [2.75, 3.05) is 32.1 Å². The summed E-state index contributed by atoms with van der Waals surface area (Å²) in [6, 6.07) is 5.80. The maximum absolute atomic E-state index is 12.5. The molecule has 104 valence electrons. The number of ether oxygens (including phenoxy) is 1. The third kappa shape index (κ3) is 2.99. The van der Waals surface area contributed by atoms with E-state index < -0.39 is 5.41 Å². The van der Waals surface area contributed by atoms with Crippen LogP contribution in [0.4, 0.5) is 5.69 Å². The van der Waals surface area contributed by atoms with Crippen LogP contribution in [0.15, 0.2) is 22.7 Å². The molecule has 1 aromatic carbocycles. The van der Waals surface area contributed by atoms with E-state index in [9.17, 15) is 4.79 Å². The Morgan fingerprint density at radius 2 is 2.37 bits per heavy atom. The Bertz CT molecular complexity index is 471. The molecule has 1 aromatic rings. The van der Waals surface area contributed by atoms with Crippen LogP contribution in [0, 0.1) is 12.3 Å². The average molecular weight is 327 g/mol. The molecule has 1 unspecified atom stereocenters. The smallest absolute Gasteiger partial charge is 0.234 e. The van der Waals surface area contributed by atoms with Crippen molar-refractivity contribution in [2.45, 2.75) is 13.3 Å². The van der Waals surface area contributed by atoms with E-state index >= 15 is 0 Å². The maximum atomic E-state index is 12.5. The van der Waals surface area contributed by atoms with Gasteiger partial charge < -0.3 is 15.4 Å². The second kappa shape index (κ2) is 6.03. The molecule has 5 heteroatoms. The molecule has 0 bridgehead atoms. The van der Waals surface area contributed by atoms with E-state index in [1.807, 2.05) is 25.1 Å². The van der Waals surface area contributed by atoms with E-state index in [1.54, 1.807) is 7.11 Å². The van der Waals surface area contributed by atoms with Gasteiger partial charge in [-0.1, -0.05) is 22.0 Å². The van der Waals surface area contributed by atoms with Crippen LogP contribution in [0.5, 0.6) is 0 Å². The number of anilines is 1. The fourth-order valence-corrected chi connectivity index (χ4v) is 2.77. The number of benzene rings is 1. The zero-order valence-corrected chi connectivity index (χ0v) is 12.8. The number of hydrogen-bond donors (Lipinski definition) is 2. The van der Waals surface area contributed by atoms with E-state index in [1.165, 1.54) is 0 Å². The number of halogens is 1. The minimum Gasteiger partial charge on any atom is -0.384 e. The van der Waals surface area contributed by atoms with Gasteiger partial charge in [-0.2, -0.15) is 0 Å². The van der Waals surface area contributed by atoms with Gasteiger partial charge in [-0.15, -0.1) is 0 Å². The standard InChI is InChI=1S/C14H19BrN2O2/c1-10-11(15)4-3-5-12(10)17-13(18)14(9-19-2)6-7-16-8-14/h3-5,16H,6-9H2,1-2H3,(H,17,18). The topological polar surface area (TPSA) is 50.4 Å². The first-order chi connectivity index (χ1) is 9.09. The first-order valence-corrected chi connectivity index (χ1v) is 7.14. The van der Waals surface area contributed by atoms with Gasteiger partial charge >= 0.3 is 0 Å². The zero-order valence-electron chi connectivity index (χ0n) is 11.3. The fourth-order valence-electron chi connectivity index (χ4n) is 2.40. The number of hydrogen-bond acceptors (Lipinski definition) is 3. The molecule has 1 fully saturated rings. The van der Waals surface area contributed by atoms with Crippen molar-refractivity contribution in [3.8, 4) is 0 Å². The lowest BCUT2D eigenvalue weighted by molar-refractivity contribution is -0.127. The molecule has 2 rings (SSSR count). The van der Waals surface area contributed by atoms with E-state index in [2.05, 4.69) is 26.6 Å². The van der Waals surface area contributed by atoms with Crippen molar-refractivity contribution in [3.63, 3.8) is 0 Å². The Labute approximate surface area is 122 Å². The Balaban J connectivity index is 2.17. The summed E-state index contributed by atoms with van der Waals surface area (Å²) in [7, 11) is 1.64. The van der Waals surface area contributed by atoms with Gasteiger partial charge in [-0.3, -0.25) is 4.79 Å². The average Bonchev–Trinajstić information content (AvgIpc) is 2.85. The number of nitrogens with one attached hydrogen (secondary N) is 2. The van der Waals surface area contributed by atoms with Crippen LogP contribution in [-0.2, 0) is 9.53 Å². The minimum absolute atomic E-state index is 0.0283. The van der Waals surface area contributed by atoms with Crippen LogP contribution in [0.2, 0.25) is 0 Å². The summed E-state index contributed by atoms with van der Waals surface area (Å²) in [6.07, 6.45) is 0.805. The van der Waals surface area contributed by atoms with Gasteiger partial charge in [0, 0.05) is 23.8 Å². The Morgan fingerprint density at radius 3 is 3.00 bits per heavy atom. The molecular weight excluding hydrogens is 308 g/mol. The number of amides is 1. The molecule has 2 N–H and O–H groups in total. The van der Waals surface area contributed by atoms with E-state index in [0.29, 0.717) is 13.2 Å². The highest BCUT2D eigenvalue weighted by Crippen LogP contribution is 2.30. The number of rotatable bonds is 4. The molecule has 1 aliphatic heterocycles. The second-order valence-corrected chi connectivity index (χ2v) is 5.86. The van der Waals surface area contributed by atoms with E-state index in [-0.39, 0.29) is 5.91 Å². The molecule has 1 atom stereocenters. The van der Waals surface area contributed by atoms with Gasteiger partial charge in [0.1, 0.15) is 0 Å². The number of carbonyl (C=O) groups is 1. The first kappa shape index (κ1) is 14.5. The molecule has 1 aliphatic rings. The molecule has 0 aliphatic carbocycles. The highest BCUT2D eigenvalue weighted by Gasteiger charge is 2.41. The van der Waals surface area contributed by atoms with Crippen molar-refractivity contribution in [3.05, 3.63) is 28.2 Å². The summed E-state index contributed by atoms with van der Waals surface area (Å²) in [6.45, 7) is 3.95. The van der Waals surface area contributed by atoms with Gasteiger partial charge in [0.05, 0.1) is 12.0 Å². The van der Waals surface area contributed by atoms with Crippen LogP contribution in [-0.4, -0.2) is 32.7 Å². The second-order valence-electron chi connectivity index (χ2n) is 5.01. The van der Waals surface area contributed by atoms with Crippen LogP contribution >= 0.6 is 15.9 Å². The van der Waals surface area contributed by atoms with Gasteiger partial charge in [-0.05, 0) is 37.6 Å². The summed E-state index contributed by atoms with van der Waals surface area (Å²) in [5, 5.41) is 6.27. The molecule has 0 spiro atoms. The maximum Gasteiger partial charge on any atom is 0.234 e. The fraction of sp³-hybridized carbons (Fsp3) is 0.500. The van der Waals surface area contributed by atoms with Crippen molar-refractivity contribution in [1.82, 2.24) is 5.32 Å². The molecule has 4 nitrogen and oxygen atoms in total. The molecule has 0 radical (unpaired) electrons. The zero-order chi connectivity index (χ0) is 13.9. The molecule has 1 amide bonds. The third-order valence-electron chi connectivity index (χ3n) is 3.66.